The summed E-state index contributed by atoms with van der Waals surface area (Å²) in [5.74, 6) is 0.982. The van der Waals surface area contributed by atoms with E-state index in [2.05, 4.69) is 39.4 Å². The molecule has 1 heterocycles. The zero-order valence-corrected chi connectivity index (χ0v) is 16.5. The molecule has 4 N–H and O–H groups in total. The van der Waals surface area contributed by atoms with Crippen molar-refractivity contribution in [3.05, 3.63) is 0 Å². The fourth-order valence-electron chi connectivity index (χ4n) is 2.08. The Labute approximate surface area is 156 Å². The summed E-state index contributed by atoms with van der Waals surface area (Å²) in [6.07, 6.45) is 1.97. The van der Waals surface area contributed by atoms with Gasteiger partial charge in [0, 0.05) is 19.1 Å². The molecule has 0 fully saturated rings. The van der Waals surface area contributed by atoms with Crippen LogP contribution in [0.4, 0.5) is 11.9 Å². The van der Waals surface area contributed by atoms with Crippen molar-refractivity contribution >= 4 is 11.9 Å². The van der Waals surface area contributed by atoms with Crippen molar-refractivity contribution in [2.75, 3.05) is 50.2 Å². The number of rotatable bonds is 15. The highest BCUT2D eigenvalue weighted by molar-refractivity contribution is 5.36. The largest absolute Gasteiger partial charge is 0.461 e. The maximum atomic E-state index is 5.63. The fraction of sp³-hybridized carbons (Fsp3) is 0.824. The van der Waals surface area contributed by atoms with Crippen LogP contribution in [-0.2, 0) is 9.47 Å². The summed E-state index contributed by atoms with van der Waals surface area (Å²) in [7, 11) is 0. The fourth-order valence-corrected chi connectivity index (χ4v) is 2.08. The van der Waals surface area contributed by atoms with Crippen LogP contribution in [0.1, 0.15) is 40.5 Å². The van der Waals surface area contributed by atoms with Gasteiger partial charge in [0.1, 0.15) is 0 Å². The van der Waals surface area contributed by atoms with Crippen LogP contribution in [0.5, 0.6) is 6.01 Å². The van der Waals surface area contributed by atoms with Crippen molar-refractivity contribution in [3.8, 4) is 6.01 Å². The monoisotopic (exact) mass is 370 g/mol. The first-order chi connectivity index (χ1) is 12.6. The third kappa shape index (κ3) is 9.69. The van der Waals surface area contributed by atoms with Gasteiger partial charge in [0.05, 0.1) is 32.5 Å². The predicted octanol–water partition coefficient (Wildman–Crippen LogP) is 1.66. The minimum absolute atomic E-state index is 0.0110. The van der Waals surface area contributed by atoms with E-state index in [1.54, 1.807) is 0 Å². The molecule has 1 rings (SSSR count). The van der Waals surface area contributed by atoms with E-state index >= 15 is 0 Å². The van der Waals surface area contributed by atoms with Gasteiger partial charge in [-0.3, -0.25) is 0 Å². The Morgan fingerprint density at radius 3 is 2.19 bits per heavy atom. The van der Waals surface area contributed by atoms with Crippen molar-refractivity contribution in [2.45, 2.75) is 52.7 Å². The van der Waals surface area contributed by atoms with Gasteiger partial charge in [0.25, 0.3) is 0 Å². The molecule has 1 aromatic heterocycles. The summed E-state index contributed by atoms with van der Waals surface area (Å²) in [4.78, 5) is 13.1. The first-order valence-corrected chi connectivity index (χ1v) is 9.37. The summed E-state index contributed by atoms with van der Waals surface area (Å²) in [5, 5.41) is 6.46. The second-order valence-corrected chi connectivity index (χ2v) is 6.03. The summed E-state index contributed by atoms with van der Waals surface area (Å²) < 4.78 is 16.4. The topological polar surface area (TPSA) is 116 Å². The lowest BCUT2D eigenvalue weighted by molar-refractivity contribution is 0.0547. The molecule has 0 aliphatic heterocycles. The zero-order chi connectivity index (χ0) is 19.2. The van der Waals surface area contributed by atoms with Gasteiger partial charge < -0.3 is 30.6 Å². The Morgan fingerprint density at radius 1 is 0.923 bits per heavy atom. The summed E-state index contributed by atoms with van der Waals surface area (Å²) in [6.45, 7) is 11.4. The number of hydrogen-bond acceptors (Lipinski definition) is 9. The number of hydrogen-bond donors (Lipinski definition) is 3. The molecule has 0 aliphatic carbocycles. The van der Waals surface area contributed by atoms with E-state index in [-0.39, 0.29) is 6.10 Å². The van der Waals surface area contributed by atoms with Gasteiger partial charge in [0.15, 0.2) is 0 Å². The van der Waals surface area contributed by atoms with Crippen molar-refractivity contribution < 1.29 is 14.2 Å². The number of nitrogens with one attached hydrogen (secondary N) is 2. The van der Waals surface area contributed by atoms with Gasteiger partial charge in [-0.15, -0.1) is 0 Å². The molecule has 0 aromatic carbocycles. The maximum Gasteiger partial charge on any atom is 0.323 e. The highest BCUT2D eigenvalue weighted by atomic mass is 16.5. The van der Waals surface area contributed by atoms with Gasteiger partial charge in [-0.2, -0.15) is 15.0 Å². The smallest absolute Gasteiger partial charge is 0.323 e. The van der Waals surface area contributed by atoms with Crippen LogP contribution in [0.3, 0.4) is 0 Å². The lowest BCUT2D eigenvalue weighted by atomic mass is 10.2. The number of nitrogens with zero attached hydrogens (tertiary/aromatic N) is 3. The molecule has 9 nitrogen and oxygen atoms in total. The predicted molar refractivity (Wildman–Crippen MR) is 103 cm³/mol. The summed E-state index contributed by atoms with van der Waals surface area (Å²) in [5.41, 5.74) is 5.35. The van der Waals surface area contributed by atoms with Crippen LogP contribution in [0.2, 0.25) is 0 Å². The number of ether oxygens (including phenoxy) is 3. The minimum atomic E-state index is -0.0110. The van der Waals surface area contributed by atoms with Crippen molar-refractivity contribution in [1.82, 2.24) is 15.0 Å². The highest BCUT2D eigenvalue weighted by Crippen LogP contribution is 2.14. The number of nitrogens with two attached hydrogens (primary N) is 1. The molecule has 0 aliphatic rings. The van der Waals surface area contributed by atoms with Crippen LogP contribution in [-0.4, -0.2) is 66.6 Å². The molecule has 0 unspecified atom stereocenters. The van der Waals surface area contributed by atoms with E-state index in [4.69, 9.17) is 19.9 Å². The number of anilines is 2. The quantitative estimate of drug-likeness (QED) is 0.396. The van der Waals surface area contributed by atoms with E-state index in [9.17, 15) is 0 Å². The van der Waals surface area contributed by atoms with Crippen molar-refractivity contribution in [1.29, 1.82) is 0 Å². The van der Waals surface area contributed by atoms with Gasteiger partial charge in [-0.1, -0.05) is 13.8 Å². The Kier molecular flexibility index (Phi) is 11.6. The molecule has 26 heavy (non-hydrogen) atoms. The van der Waals surface area contributed by atoms with Gasteiger partial charge >= 0.3 is 6.01 Å². The molecule has 150 valence electrons. The van der Waals surface area contributed by atoms with Crippen LogP contribution in [0.15, 0.2) is 0 Å². The van der Waals surface area contributed by atoms with Crippen LogP contribution < -0.4 is 21.1 Å². The SMILES string of the molecule is CCC(CC)Nc1nc(NCCOCCOCCN)nc(OC(C)C)n1. The van der Waals surface area contributed by atoms with Gasteiger partial charge in [-0.05, 0) is 26.7 Å². The molecule has 9 heteroatoms. The highest BCUT2D eigenvalue weighted by Gasteiger charge is 2.11. The molecule has 0 spiro atoms. The van der Waals surface area contributed by atoms with Crippen LogP contribution in [0, 0.1) is 0 Å². The molecule has 0 radical (unpaired) electrons. The minimum Gasteiger partial charge on any atom is -0.461 e. The third-order valence-corrected chi connectivity index (χ3v) is 3.44. The average Bonchev–Trinajstić information content (AvgIpc) is 2.61. The van der Waals surface area contributed by atoms with Gasteiger partial charge in [0.2, 0.25) is 11.9 Å². The zero-order valence-electron chi connectivity index (χ0n) is 16.5. The summed E-state index contributed by atoms with van der Waals surface area (Å²) in [6, 6.07) is 0.621. The number of aromatic nitrogens is 3. The Morgan fingerprint density at radius 2 is 1.58 bits per heavy atom. The molecular weight excluding hydrogens is 336 g/mol. The van der Waals surface area contributed by atoms with Gasteiger partial charge in [-0.25, -0.2) is 0 Å². The normalized spacial score (nSPS) is 11.2. The van der Waals surface area contributed by atoms with Crippen molar-refractivity contribution in [2.24, 2.45) is 5.73 Å². The van der Waals surface area contributed by atoms with Crippen molar-refractivity contribution in [3.63, 3.8) is 0 Å². The molecule has 0 bridgehead atoms. The molecule has 0 saturated heterocycles. The molecule has 0 atom stereocenters. The second kappa shape index (κ2) is 13.5. The first-order valence-electron chi connectivity index (χ1n) is 9.37. The second-order valence-electron chi connectivity index (χ2n) is 6.03. The average molecular weight is 370 g/mol. The van der Waals surface area contributed by atoms with E-state index in [0.29, 0.717) is 63.5 Å². The van der Waals surface area contributed by atoms with E-state index in [1.165, 1.54) is 0 Å². The molecule has 0 saturated carbocycles. The first kappa shape index (κ1) is 22.3. The Balaban J connectivity index is 2.53. The molecule has 0 amide bonds. The van der Waals surface area contributed by atoms with Crippen LogP contribution in [0.25, 0.3) is 0 Å². The summed E-state index contributed by atoms with van der Waals surface area (Å²) >= 11 is 0. The lowest BCUT2D eigenvalue weighted by Gasteiger charge is -2.16. The maximum absolute atomic E-state index is 5.63. The third-order valence-electron chi connectivity index (χ3n) is 3.44. The molecular formula is C17H34N6O3. The standard InChI is InChI=1S/C17H34N6O3/c1-5-14(6-2)20-16-21-15(22-17(23-16)26-13(3)4)19-8-10-25-12-11-24-9-7-18/h13-14H,5-12,18H2,1-4H3,(H2,19,20,21,22,23). The van der Waals surface area contributed by atoms with E-state index < -0.39 is 0 Å². The van der Waals surface area contributed by atoms with E-state index in [1.807, 2.05) is 13.8 Å². The van der Waals surface area contributed by atoms with Crippen LogP contribution >= 0.6 is 0 Å². The Bertz CT molecular complexity index is 486. The Hall–Kier alpha value is -1.71. The lowest BCUT2D eigenvalue weighted by Crippen LogP contribution is -2.21. The molecule has 1 aromatic rings. The van der Waals surface area contributed by atoms with E-state index in [0.717, 1.165) is 12.8 Å².